The van der Waals surface area contributed by atoms with E-state index in [0.717, 1.165) is 0 Å². The van der Waals surface area contributed by atoms with E-state index in [4.69, 9.17) is 9.84 Å². The molecule has 1 aromatic rings. The lowest BCUT2D eigenvalue weighted by atomic mass is 9.81. The average Bonchev–Trinajstić information content (AvgIpc) is 2.27. The maximum Gasteiger partial charge on any atom is 0.304 e. The Hall–Kier alpha value is -1.58. The molecule has 2 rings (SSSR count). The van der Waals surface area contributed by atoms with Gasteiger partial charge in [0.05, 0.1) is 13.0 Å². The van der Waals surface area contributed by atoms with Crippen molar-refractivity contribution < 1.29 is 19.0 Å². The number of hydrogen-bond donors (Lipinski definition) is 1. The topological polar surface area (TPSA) is 46.5 Å². The van der Waals surface area contributed by atoms with Crippen molar-refractivity contribution in [3.05, 3.63) is 29.6 Å². The number of rotatable bonds is 6. The van der Waals surface area contributed by atoms with E-state index in [1.165, 1.54) is 31.4 Å². The summed E-state index contributed by atoms with van der Waals surface area (Å²) in [5.41, 5.74) is -0.0395. The molecule has 0 amide bonds. The minimum atomic E-state index is -0.899. The lowest BCUT2D eigenvalue weighted by Crippen LogP contribution is -2.24. The van der Waals surface area contributed by atoms with Crippen LogP contribution in [0.2, 0.25) is 0 Å². The van der Waals surface area contributed by atoms with Crippen molar-refractivity contribution in [3.63, 3.8) is 0 Å². The molecule has 0 atom stereocenters. The fourth-order valence-electron chi connectivity index (χ4n) is 2.50. The van der Waals surface area contributed by atoms with Crippen LogP contribution in [-0.2, 0) is 10.2 Å². The molecule has 0 radical (unpaired) electrons. The molecule has 1 aliphatic rings. The van der Waals surface area contributed by atoms with Gasteiger partial charge in [-0.1, -0.05) is 20.3 Å². The second kappa shape index (κ2) is 5.81. The van der Waals surface area contributed by atoms with Gasteiger partial charge in [-0.05, 0) is 37.0 Å². The number of carboxylic acids is 1. The predicted octanol–water partition coefficient (Wildman–Crippen LogP) is 3.76. The number of ether oxygens (including phenoxy) is 1. The summed E-state index contributed by atoms with van der Waals surface area (Å²) >= 11 is 0. The lowest BCUT2D eigenvalue weighted by molar-refractivity contribution is -0.138. The summed E-state index contributed by atoms with van der Waals surface area (Å²) in [6, 6.07) is 4.35. The van der Waals surface area contributed by atoms with E-state index in [-0.39, 0.29) is 12.2 Å². The molecule has 3 nitrogen and oxygen atoms in total. The van der Waals surface area contributed by atoms with Crippen LogP contribution in [-0.4, -0.2) is 17.7 Å². The monoisotopic (exact) mass is 280 g/mol. The third kappa shape index (κ3) is 3.50. The van der Waals surface area contributed by atoms with Crippen LogP contribution in [0, 0.1) is 11.7 Å². The van der Waals surface area contributed by atoms with Crippen LogP contribution < -0.4 is 4.74 Å². The Morgan fingerprint density at radius 1 is 1.45 bits per heavy atom. The summed E-state index contributed by atoms with van der Waals surface area (Å²) in [4.78, 5) is 11.0. The summed E-state index contributed by atoms with van der Waals surface area (Å²) in [5, 5.41) is 9.00. The molecule has 0 heterocycles. The molecule has 0 aromatic heterocycles. The van der Waals surface area contributed by atoms with Gasteiger partial charge < -0.3 is 9.84 Å². The minimum absolute atomic E-state index is 0.0593. The molecule has 110 valence electrons. The van der Waals surface area contributed by atoms with E-state index in [2.05, 4.69) is 0 Å². The quantitative estimate of drug-likeness (QED) is 0.863. The minimum Gasteiger partial charge on any atom is -0.493 e. The van der Waals surface area contributed by atoms with Gasteiger partial charge in [0.1, 0.15) is 11.6 Å². The van der Waals surface area contributed by atoms with Crippen molar-refractivity contribution in [1.29, 1.82) is 0 Å². The zero-order valence-corrected chi connectivity index (χ0v) is 12.0. The Kier molecular flexibility index (Phi) is 4.31. The number of halogens is 1. The number of carbonyl (C=O) groups is 1. The molecule has 1 aromatic carbocycles. The van der Waals surface area contributed by atoms with Crippen LogP contribution in [0.1, 0.15) is 45.1 Å². The molecular formula is C16H21FO3. The lowest BCUT2D eigenvalue weighted by Gasteiger charge is -2.29. The Morgan fingerprint density at radius 3 is 2.70 bits per heavy atom. The molecule has 0 unspecified atom stereocenters. The van der Waals surface area contributed by atoms with Crippen molar-refractivity contribution in [3.8, 4) is 5.75 Å². The maximum absolute atomic E-state index is 13.5. The Labute approximate surface area is 118 Å². The molecule has 0 spiro atoms. The van der Waals surface area contributed by atoms with Crippen molar-refractivity contribution in [2.75, 3.05) is 6.61 Å². The second-order valence-corrected chi connectivity index (χ2v) is 6.20. The van der Waals surface area contributed by atoms with E-state index < -0.39 is 11.4 Å². The number of aliphatic carboxylic acids is 1. The van der Waals surface area contributed by atoms with Crippen molar-refractivity contribution in [2.24, 2.45) is 5.92 Å². The van der Waals surface area contributed by atoms with E-state index in [9.17, 15) is 9.18 Å². The van der Waals surface area contributed by atoms with Crippen LogP contribution >= 0.6 is 0 Å². The zero-order valence-electron chi connectivity index (χ0n) is 12.0. The maximum atomic E-state index is 13.5. The molecule has 0 saturated heterocycles. The number of hydrogen-bond acceptors (Lipinski definition) is 2. The third-order valence-electron chi connectivity index (χ3n) is 3.96. The molecule has 4 heteroatoms. The highest BCUT2D eigenvalue weighted by Crippen LogP contribution is 2.36. The second-order valence-electron chi connectivity index (χ2n) is 6.20. The van der Waals surface area contributed by atoms with Crippen LogP contribution in [0.5, 0.6) is 5.75 Å². The SMILES string of the molecule is CC(C)(CC(=O)O)c1cc(F)ccc1OCC1CCC1. The van der Waals surface area contributed by atoms with E-state index in [1.54, 1.807) is 19.9 Å². The van der Waals surface area contributed by atoms with E-state index >= 15 is 0 Å². The summed E-state index contributed by atoms with van der Waals surface area (Å²) in [5.74, 6) is -0.0845. The van der Waals surface area contributed by atoms with Gasteiger partial charge in [-0.2, -0.15) is 0 Å². The average molecular weight is 280 g/mol. The summed E-state index contributed by atoms with van der Waals surface area (Å²) in [6.07, 6.45) is 3.54. The number of benzene rings is 1. The molecule has 1 N–H and O–H groups in total. The van der Waals surface area contributed by atoms with E-state index in [0.29, 0.717) is 23.8 Å². The Bertz CT molecular complexity index is 492. The highest BCUT2D eigenvalue weighted by Gasteiger charge is 2.28. The first-order chi connectivity index (χ1) is 9.38. The highest BCUT2D eigenvalue weighted by molar-refractivity contribution is 5.69. The largest absolute Gasteiger partial charge is 0.493 e. The molecule has 1 aliphatic carbocycles. The number of carboxylic acid groups (broad SMARTS) is 1. The van der Waals surface area contributed by atoms with Gasteiger partial charge in [-0.25, -0.2) is 4.39 Å². The molecule has 0 bridgehead atoms. The van der Waals surface area contributed by atoms with Gasteiger partial charge in [0.15, 0.2) is 0 Å². The Morgan fingerprint density at radius 2 is 2.15 bits per heavy atom. The highest BCUT2D eigenvalue weighted by atomic mass is 19.1. The molecule has 1 saturated carbocycles. The van der Waals surface area contributed by atoms with Crippen molar-refractivity contribution >= 4 is 5.97 Å². The summed E-state index contributed by atoms with van der Waals surface area (Å²) < 4.78 is 19.3. The zero-order chi connectivity index (χ0) is 14.8. The standard InChI is InChI=1S/C16H21FO3/c1-16(2,9-15(18)19)13-8-12(17)6-7-14(13)20-10-11-4-3-5-11/h6-8,11H,3-5,9-10H2,1-2H3,(H,18,19). The van der Waals surface area contributed by atoms with Gasteiger partial charge in [0.2, 0.25) is 0 Å². The van der Waals surface area contributed by atoms with Gasteiger partial charge in [-0.15, -0.1) is 0 Å². The van der Waals surface area contributed by atoms with Gasteiger partial charge in [0, 0.05) is 11.0 Å². The van der Waals surface area contributed by atoms with Gasteiger partial charge >= 0.3 is 5.97 Å². The first-order valence-electron chi connectivity index (χ1n) is 7.03. The van der Waals surface area contributed by atoms with E-state index in [1.807, 2.05) is 0 Å². The smallest absolute Gasteiger partial charge is 0.304 e. The molecule has 1 fully saturated rings. The van der Waals surface area contributed by atoms with Crippen LogP contribution in [0.25, 0.3) is 0 Å². The Balaban J connectivity index is 2.19. The van der Waals surface area contributed by atoms with Crippen LogP contribution in [0.4, 0.5) is 4.39 Å². The first kappa shape index (κ1) is 14.8. The first-order valence-corrected chi connectivity index (χ1v) is 7.03. The van der Waals surface area contributed by atoms with Gasteiger partial charge in [-0.3, -0.25) is 4.79 Å². The third-order valence-corrected chi connectivity index (χ3v) is 3.96. The summed E-state index contributed by atoms with van der Waals surface area (Å²) in [6.45, 7) is 4.22. The normalized spacial score (nSPS) is 15.8. The molecule has 20 heavy (non-hydrogen) atoms. The van der Waals surface area contributed by atoms with Crippen molar-refractivity contribution in [1.82, 2.24) is 0 Å². The van der Waals surface area contributed by atoms with Crippen LogP contribution in [0.3, 0.4) is 0 Å². The molecule has 0 aliphatic heterocycles. The fourth-order valence-corrected chi connectivity index (χ4v) is 2.50. The van der Waals surface area contributed by atoms with Crippen LogP contribution in [0.15, 0.2) is 18.2 Å². The molecular weight excluding hydrogens is 259 g/mol. The van der Waals surface area contributed by atoms with Gasteiger partial charge in [0.25, 0.3) is 0 Å². The fraction of sp³-hybridized carbons (Fsp3) is 0.562. The summed E-state index contributed by atoms with van der Waals surface area (Å²) in [7, 11) is 0. The predicted molar refractivity (Wildman–Crippen MR) is 74.5 cm³/mol. The van der Waals surface area contributed by atoms with Crippen molar-refractivity contribution in [2.45, 2.75) is 44.9 Å².